The Morgan fingerprint density at radius 1 is 0.872 bits per heavy atom. The Morgan fingerprint density at radius 3 is 1.96 bits per heavy atom. The van der Waals surface area contributed by atoms with Crippen LogP contribution in [0.5, 0.6) is 5.75 Å². The zero-order valence-electron chi connectivity index (χ0n) is 28.4. The molecule has 2 aromatic rings. The Bertz CT molecular complexity index is 1360. The van der Waals surface area contributed by atoms with Gasteiger partial charge in [0.05, 0.1) is 6.04 Å². The van der Waals surface area contributed by atoms with Crippen LogP contribution in [0.4, 0.5) is 4.79 Å². The zero-order chi connectivity index (χ0) is 35.5. The minimum absolute atomic E-state index is 0.0376. The first-order valence-electron chi connectivity index (χ1n) is 15.9. The number of benzene rings is 2. The smallest absolute Gasteiger partial charge is 0.417 e. The lowest BCUT2D eigenvalue weighted by Gasteiger charge is -2.34. The molecule has 0 radical (unpaired) electrons. The fraction of sp³-hybridized carbons (Fsp3) is 0.514. The molecular formula is C35H50N4O8. The molecule has 47 heavy (non-hydrogen) atoms. The third kappa shape index (κ3) is 12.3. The minimum Gasteiger partial charge on any atom is -0.508 e. The second-order valence-corrected chi connectivity index (χ2v) is 13.3. The molecule has 12 nitrogen and oxygen atoms in total. The van der Waals surface area contributed by atoms with Crippen LogP contribution >= 0.6 is 0 Å². The van der Waals surface area contributed by atoms with E-state index >= 15 is 0 Å². The number of phenols is 1. The summed E-state index contributed by atoms with van der Waals surface area (Å²) in [7, 11) is 0. The minimum atomic E-state index is -1.70. The van der Waals surface area contributed by atoms with E-state index in [1.807, 2.05) is 51.1 Å². The van der Waals surface area contributed by atoms with E-state index in [1.54, 1.807) is 27.7 Å². The predicted molar refractivity (Wildman–Crippen MR) is 177 cm³/mol. The Hall–Kier alpha value is -4.45. The summed E-state index contributed by atoms with van der Waals surface area (Å²) in [6.07, 6.45) is -0.654. The lowest BCUT2D eigenvalue weighted by atomic mass is 9.95. The van der Waals surface area contributed by atoms with Gasteiger partial charge in [-0.3, -0.25) is 14.4 Å². The first-order chi connectivity index (χ1) is 21.9. The fourth-order valence-corrected chi connectivity index (χ4v) is 4.87. The zero-order valence-corrected chi connectivity index (χ0v) is 28.4. The van der Waals surface area contributed by atoms with Crippen molar-refractivity contribution in [3.63, 3.8) is 0 Å². The number of aliphatic carboxylic acids is 1. The second-order valence-electron chi connectivity index (χ2n) is 13.3. The number of carboxylic acid groups (broad SMARTS) is 1. The van der Waals surface area contributed by atoms with Gasteiger partial charge in [-0.05, 0) is 68.7 Å². The van der Waals surface area contributed by atoms with E-state index in [-0.39, 0.29) is 36.8 Å². The maximum absolute atomic E-state index is 14.2. The van der Waals surface area contributed by atoms with Crippen molar-refractivity contribution in [3.8, 4) is 5.75 Å². The van der Waals surface area contributed by atoms with E-state index in [9.17, 15) is 34.2 Å². The van der Waals surface area contributed by atoms with Crippen molar-refractivity contribution < 1.29 is 38.9 Å². The predicted octanol–water partition coefficient (Wildman–Crippen LogP) is 3.78. The Kier molecular flexibility index (Phi) is 14.4. The molecule has 0 saturated heterocycles. The number of amides is 4. The molecule has 0 heterocycles. The molecule has 0 fully saturated rings. The standard InChI is InChI=1S/C35H50N4O8/c1-8-22(4)29(38-30(41)26(36)19-23-12-10-9-11-13-23)31(42)37-27(18-21(2)3)32(43)39(34(46)47-35(5,6)7)28(33(44)45)20-24-14-16-25(40)17-15-24/h9-17,21-22,26-29,40H,8,18-20,36H2,1-7H3,(H,37,42)(H,38,41)(H,44,45)/t22-,26-,27-,28-,29-/m0/s1. The lowest BCUT2D eigenvalue weighted by molar-refractivity contribution is -0.151. The van der Waals surface area contributed by atoms with Crippen molar-refractivity contribution in [2.24, 2.45) is 17.6 Å². The largest absolute Gasteiger partial charge is 0.508 e. The SMILES string of the molecule is CC[C@H](C)[C@H](NC(=O)[C@@H](N)Cc1ccccc1)C(=O)N[C@@H](CC(C)C)C(=O)N(C(=O)OC(C)(C)C)[C@@H](Cc1ccc(O)cc1)C(=O)O. The molecule has 0 unspecified atom stereocenters. The number of nitrogens with two attached hydrogens (primary N) is 1. The highest BCUT2D eigenvalue weighted by atomic mass is 16.6. The number of nitrogens with zero attached hydrogens (tertiary/aromatic N) is 1. The van der Waals surface area contributed by atoms with Crippen LogP contribution in [0.1, 0.15) is 72.4 Å². The number of carbonyl (C=O) groups excluding carboxylic acids is 4. The highest BCUT2D eigenvalue weighted by molar-refractivity contribution is 6.01. The normalized spacial score (nSPS) is 14.7. The highest BCUT2D eigenvalue weighted by Gasteiger charge is 2.42. The average molecular weight is 655 g/mol. The maximum atomic E-state index is 14.2. The van der Waals surface area contributed by atoms with E-state index in [2.05, 4.69) is 10.6 Å². The van der Waals surface area contributed by atoms with Crippen LogP contribution in [-0.2, 0) is 36.8 Å². The van der Waals surface area contributed by atoms with E-state index in [4.69, 9.17) is 10.5 Å². The quantitative estimate of drug-likeness (QED) is 0.190. The van der Waals surface area contributed by atoms with Crippen molar-refractivity contribution in [2.75, 3.05) is 0 Å². The summed E-state index contributed by atoms with van der Waals surface area (Å²) in [5, 5.41) is 25.4. The van der Waals surface area contributed by atoms with Gasteiger partial charge in [0.2, 0.25) is 11.8 Å². The summed E-state index contributed by atoms with van der Waals surface area (Å²) in [5.74, 6) is -4.22. The number of imide groups is 1. The Labute approximate surface area is 277 Å². The third-order valence-corrected chi connectivity index (χ3v) is 7.54. The maximum Gasteiger partial charge on any atom is 0.417 e. The molecule has 0 aliphatic heterocycles. The van der Waals surface area contributed by atoms with Crippen molar-refractivity contribution >= 4 is 29.8 Å². The number of aromatic hydroxyl groups is 1. The number of phenolic OH excluding ortho intramolecular Hbond substituents is 1. The molecule has 0 saturated carbocycles. The molecule has 2 aromatic carbocycles. The van der Waals surface area contributed by atoms with Crippen LogP contribution in [0.25, 0.3) is 0 Å². The molecule has 258 valence electrons. The van der Waals surface area contributed by atoms with Crippen LogP contribution in [-0.4, -0.2) is 74.7 Å². The first kappa shape index (κ1) is 38.7. The molecule has 0 aliphatic carbocycles. The molecule has 0 aliphatic rings. The number of carboxylic acids is 1. The number of hydrogen-bond donors (Lipinski definition) is 5. The monoisotopic (exact) mass is 654 g/mol. The van der Waals surface area contributed by atoms with Gasteiger partial charge in [0.15, 0.2) is 0 Å². The summed E-state index contributed by atoms with van der Waals surface area (Å²) in [5.41, 5.74) is 6.40. The first-order valence-corrected chi connectivity index (χ1v) is 15.9. The molecule has 12 heteroatoms. The molecule has 5 atom stereocenters. The topological polar surface area (TPSA) is 188 Å². The fourth-order valence-electron chi connectivity index (χ4n) is 4.87. The van der Waals surface area contributed by atoms with E-state index in [1.165, 1.54) is 24.3 Å². The van der Waals surface area contributed by atoms with Crippen molar-refractivity contribution in [3.05, 3.63) is 65.7 Å². The molecule has 0 aromatic heterocycles. The van der Waals surface area contributed by atoms with Gasteiger partial charge >= 0.3 is 12.1 Å². The molecule has 6 N–H and O–H groups in total. The number of nitrogens with one attached hydrogen (secondary N) is 2. The summed E-state index contributed by atoms with van der Waals surface area (Å²) in [4.78, 5) is 67.8. The molecule has 0 bridgehead atoms. The van der Waals surface area contributed by atoms with Crippen LogP contribution < -0.4 is 16.4 Å². The third-order valence-electron chi connectivity index (χ3n) is 7.54. The molecule has 0 spiro atoms. The Balaban J connectivity index is 2.44. The van der Waals surface area contributed by atoms with Gasteiger partial charge in [-0.15, -0.1) is 0 Å². The average Bonchev–Trinajstić information content (AvgIpc) is 2.98. The number of rotatable bonds is 15. The van der Waals surface area contributed by atoms with Gasteiger partial charge in [0, 0.05) is 6.42 Å². The summed E-state index contributed by atoms with van der Waals surface area (Å²) in [6, 6.07) is 9.86. The van der Waals surface area contributed by atoms with Crippen LogP contribution in [0.15, 0.2) is 54.6 Å². The van der Waals surface area contributed by atoms with E-state index in [0.29, 0.717) is 16.9 Å². The highest BCUT2D eigenvalue weighted by Crippen LogP contribution is 2.21. The Morgan fingerprint density at radius 2 is 1.45 bits per heavy atom. The molecule has 4 amide bonds. The van der Waals surface area contributed by atoms with Gasteiger partial charge in [-0.1, -0.05) is 76.6 Å². The van der Waals surface area contributed by atoms with Gasteiger partial charge in [0.25, 0.3) is 5.91 Å². The van der Waals surface area contributed by atoms with Crippen LogP contribution in [0.2, 0.25) is 0 Å². The van der Waals surface area contributed by atoms with E-state index < -0.39 is 59.6 Å². The van der Waals surface area contributed by atoms with Crippen LogP contribution in [0, 0.1) is 11.8 Å². The van der Waals surface area contributed by atoms with Gasteiger partial charge < -0.3 is 31.3 Å². The number of hydrogen-bond acceptors (Lipinski definition) is 8. The second kappa shape index (κ2) is 17.5. The number of carbonyl (C=O) groups is 5. The van der Waals surface area contributed by atoms with Gasteiger partial charge in [-0.25, -0.2) is 14.5 Å². The molecule has 2 rings (SSSR count). The van der Waals surface area contributed by atoms with E-state index in [0.717, 1.165) is 5.56 Å². The number of ether oxygens (including phenoxy) is 1. The van der Waals surface area contributed by atoms with Crippen molar-refractivity contribution in [1.29, 1.82) is 0 Å². The summed E-state index contributed by atoms with van der Waals surface area (Å²) in [6.45, 7) is 12.0. The van der Waals surface area contributed by atoms with Crippen LogP contribution in [0.3, 0.4) is 0 Å². The van der Waals surface area contributed by atoms with Gasteiger partial charge in [-0.2, -0.15) is 0 Å². The molecular weight excluding hydrogens is 604 g/mol. The summed E-state index contributed by atoms with van der Waals surface area (Å²) >= 11 is 0. The van der Waals surface area contributed by atoms with Gasteiger partial charge in [0.1, 0.15) is 29.5 Å². The van der Waals surface area contributed by atoms with Crippen molar-refractivity contribution in [2.45, 2.75) is 104 Å². The van der Waals surface area contributed by atoms with Crippen molar-refractivity contribution in [1.82, 2.24) is 15.5 Å². The lowest BCUT2D eigenvalue weighted by Crippen LogP contribution is -2.61. The summed E-state index contributed by atoms with van der Waals surface area (Å²) < 4.78 is 5.48.